The van der Waals surface area contributed by atoms with E-state index >= 15 is 0 Å². The Morgan fingerprint density at radius 3 is 2.58 bits per heavy atom. The number of rotatable bonds is 3. The molecule has 2 aromatic rings. The fourth-order valence-electron chi connectivity index (χ4n) is 1.89. The largest absolute Gasteiger partial charge is 0.395 e. The van der Waals surface area contributed by atoms with Gasteiger partial charge in [0.05, 0.1) is 28.1 Å². The Labute approximate surface area is 115 Å². The molecule has 2 heterocycles. The fraction of sp³-hybridized carbons (Fsp3) is 0.417. The van der Waals surface area contributed by atoms with Crippen molar-refractivity contribution in [2.75, 3.05) is 5.73 Å². The van der Waals surface area contributed by atoms with Gasteiger partial charge >= 0.3 is 0 Å². The third-order valence-electron chi connectivity index (χ3n) is 2.89. The van der Waals surface area contributed by atoms with E-state index < -0.39 is 0 Å². The third-order valence-corrected chi connectivity index (χ3v) is 4.15. The Kier molecular flexibility index (Phi) is 3.57. The van der Waals surface area contributed by atoms with Gasteiger partial charge in [-0.2, -0.15) is 5.10 Å². The molecule has 1 amide bonds. The summed E-state index contributed by atoms with van der Waals surface area (Å²) in [5, 5.41) is 10.5. The SMILES string of the molecule is Cc1nc(C)c(C(C)NC(=O)c2n[nH]c(C)c2N)s1. The molecule has 1 unspecified atom stereocenters. The molecular formula is C12H17N5OS. The lowest BCUT2D eigenvalue weighted by Gasteiger charge is -2.12. The number of nitrogens with one attached hydrogen (secondary N) is 2. The molecule has 19 heavy (non-hydrogen) atoms. The number of carbonyl (C=O) groups excluding carboxylic acids is 1. The number of anilines is 1. The smallest absolute Gasteiger partial charge is 0.274 e. The van der Waals surface area contributed by atoms with Gasteiger partial charge in [0.25, 0.3) is 5.91 Å². The van der Waals surface area contributed by atoms with Crippen LogP contribution in [0.1, 0.15) is 44.7 Å². The number of nitrogens with zero attached hydrogens (tertiary/aromatic N) is 2. The molecule has 6 nitrogen and oxygen atoms in total. The van der Waals surface area contributed by atoms with E-state index in [1.54, 1.807) is 18.3 Å². The average Bonchev–Trinajstić information content (AvgIpc) is 2.83. The third kappa shape index (κ3) is 2.60. The first-order chi connectivity index (χ1) is 8.90. The van der Waals surface area contributed by atoms with Gasteiger partial charge in [0.1, 0.15) is 0 Å². The zero-order chi connectivity index (χ0) is 14.2. The number of aromatic nitrogens is 3. The van der Waals surface area contributed by atoms with Gasteiger partial charge in [-0.15, -0.1) is 11.3 Å². The van der Waals surface area contributed by atoms with Crippen LogP contribution in [0, 0.1) is 20.8 Å². The molecule has 0 aromatic carbocycles. The van der Waals surface area contributed by atoms with Crippen LogP contribution in [0.4, 0.5) is 5.69 Å². The number of aromatic amines is 1. The van der Waals surface area contributed by atoms with E-state index in [9.17, 15) is 4.79 Å². The second-order valence-corrected chi connectivity index (χ2v) is 5.72. The summed E-state index contributed by atoms with van der Waals surface area (Å²) in [7, 11) is 0. The van der Waals surface area contributed by atoms with Crippen LogP contribution in [0.3, 0.4) is 0 Å². The van der Waals surface area contributed by atoms with Gasteiger partial charge in [0.2, 0.25) is 0 Å². The molecule has 102 valence electrons. The van der Waals surface area contributed by atoms with E-state index in [1.807, 2.05) is 20.8 Å². The molecule has 4 N–H and O–H groups in total. The fourth-order valence-corrected chi connectivity index (χ4v) is 2.82. The minimum atomic E-state index is -0.278. The molecule has 0 fully saturated rings. The summed E-state index contributed by atoms with van der Waals surface area (Å²) in [6.45, 7) is 7.59. The van der Waals surface area contributed by atoms with Crippen molar-refractivity contribution < 1.29 is 4.79 Å². The molecule has 7 heteroatoms. The van der Waals surface area contributed by atoms with Crippen LogP contribution in [-0.2, 0) is 0 Å². The molecular weight excluding hydrogens is 262 g/mol. The lowest BCUT2D eigenvalue weighted by molar-refractivity contribution is 0.0936. The summed E-state index contributed by atoms with van der Waals surface area (Å²) in [6, 6.07) is -0.116. The number of amides is 1. The van der Waals surface area contributed by atoms with E-state index in [2.05, 4.69) is 20.5 Å². The molecule has 2 rings (SSSR count). The Balaban J connectivity index is 2.15. The first-order valence-electron chi connectivity index (χ1n) is 5.95. The first-order valence-corrected chi connectivity index (χ1v) is 6.77. The van der Waals surface area contributed by atoms with Crippen LogP contribution in [0.25, 0.3) is 0 Å². The van der Waals surface area contributed by atoms with Crippen molar-refractivity contribution in [2.24, 2.45) is 0 Å². The van der Waals surface area contributed by atoms with E-state index in [4.69, 9.17) is 5.73 Å². The summed E-state index contributed by atoms with van der Waals surface area (Å²) in [6.07, 6.45) is 0. The maximum Gasteiger partial charge on any atom is 0.274 e. The van der Waals surface area contributed by atoms with Crippen molar-refractivity contribution in [2.45, 2.75) is 33.7 Å². The number of hydrogen-bond donors (Lipinski definition) is 3. The molecule has 0 aliphatic carbocycles. The standard InChI is InChI=1S/C12H17N5OS/c1-5-9(13)10(17-16-5)12(18)15-7(3)11-6(2)14-8(4)19-11/h7H,13H2,1-4H3,(H,15,18)(H,16,17). The van der Waals surface area contributed by atoms with Crippen molar-refractivity contribution in [3.05, 3.63) is 27.0 Å². The highest BCUT2D eigenvalue weighted by atomic mass is 32.1. The first kappa shape index (κ1) is 13.5. The summed E-state index contributed by atoms with van der Waals surface area (Å²) >= 11 is 1.58. The highest BCUT2D eigenvalue weighted by Crippen LogP contribution is 2.25. The van der Waals surface area contributed by atoms with Crippen LogP contribution in [-0.4, -0.2) is 21.1 Å². The van der Waals surface area contributed by atoms with Gasteiger partial charge < -0.3 is 11.1 Å². The molecule has 0 bridgehead atoms. The summed E-state index contributed by atoms with van der Waals surface area (Å²) in [4.78, 5) is 17.5. The van der Waals surface area contributed by atoms with Crippen LogP contribution in [0.15, 0.2) is 0 Å². The Morgan fingerprint density at radius 1 is 1.42 bits per heavy atom. The van der Waals surface area contributed by atoms with Crippen molar-refractivity contribution in [3.63, 3.8) is 0 Å². The molecule has 1 atom stereocenters. The van der Waals surface area contributed by atoms with E-state index in [0.29, 0.717) is 11.4 Å². The van der Waals surface area contributed by atoms with Crippen molar-refractivity contribution >= 4 is 22.9 Å². The minimum absolute atomic E-state index is 0.116. The Hall–Kier alpha value is -1.89. The normalized spacial score (nSPS) is 12.4. The monoisotopic (exact) mass is 279 g/mol. The van der Waals surface area contributed by atoms with Crippen LogP contribution in [0.2, 0.25) is 0 Å². The highest BCUT2D eigenvalue weighted by Gasteiger charge is 2.20. The zero-order valence-electron chi connectivity index (χ0n) is 11.4. The van der Waals surface area contributed by atoms with Gasteiger partial charge in [-0.1, -0.05) is 0 Å². The molecule has 0 radical (unpaired) electrons. The summed E-state index contributed by atoms with van der Waals surface area (Å²) in [5.41, 5.74) is 8.06. The highest BCUT2D eigenvalue weighted by molar-refractivity contribution is 7.11. The topological polar surface area (TPSA) is 96.7 Å². The van der Waals surface area contributed by atoms with Gasteiger partial charge in [-0.3, -0.25) is 9.89 Å². The quantitative estimate of drug-likeness (QED) is 0.799. The number of hydrogen-bond acceptors (Lipinski definition) is 5. The predicted molar refractivity (Wildman–Crippen MR) is 75.2 cm³/mol. The van der Waals surface area contributed by atoms with Crippen molar-refractivity contribution in [1.82, 2.24) is 20.5 Å². The maximum atomic E-state index is 12.1. The van der Waals surface area contributed by atoms with Crippen molar-refractivity contribution in [1.29, 1.82) is 0 Å². The van der Waals surface area contributed by atoms with Crippen LogP contribution in [0.5, 0.6) is 0 Å². The lowest BCUT2D eigenvalue weighted by atomic mass is 10.2. The van der Waals surface area contributed by atoms with Gasteiger partial charge in [0.15, 0.2) is 5.69 Å². The number of nitrogen functional groups attached to an aromatic ring is 1. The molecule has 0 aliphatic rings. The Morgan fingerprint density at radius 2 is 2.11 bits per heavy atom. The summed E-state index contributed by atoms with van der Waals surface area (Å²) in [5.74, 6) is -0.278. The van der Waals surface area contributed by atoms with Crippen molar-refractivity contribution in [3.8, 4) is 0 Å². The second kappa shape index (κ2) is 5.00. The van der Waals surface area contributed by atoms with Crippen LogP contribution < -0.4 is 11.1 Å². The van der Waals surface area contributed by atoms with Crippen LogP contribution >= 0.6 is 11.3 Å². The van der Waals surface area contributed by atoms with E-state index in [0.717, 1.165) is 15.6 Å². The molecule has 0 aliphatic heterocycles. The van der Waals surface area contributed by atoms with Gasteiger partial charge in [-0.05, 0) is 27.7 Å². The lowest BCUT2D eigenvalue weighted by Crippen LogP contribution is -2.27. The Bertz CT molecular complexity index is 616. The number of nitrogens with two attached hydrogens (primary N) is 1. The molecule has 0 saturated carbocycles. The molecule has 0 saturated heterocycles. The van der Waals surface area contributed by atoms with E-state index in [-0.39, 0.29) is 17.6 Å². The predicted octanol–water partition coefficient (Wildman–Crippen LogP) is 1.86. The van der Waals surface area contributed by atoms with E-state index in [1.165, 1.54) is 0 Å². The maximum absolute atomic E-state index is 12.1. The van der Waals surface area contributed by atoms with Gasteiger partial charge in [0, 0.05) is 4.88 Å². The number of carbonyl (C=O) groups is 1. The molecule has 0 spiro atoms. The number of H-pyrrole nitrogens is 1. The summed E-state index contributed by atoms with van der Waals surface area (Å²) < 4.78 is 0. The minimum Gasteiger partial charge on any atom is -0.395 e. The molecule has 2 aromatic heterocycles. The number of thiazole rings is 1. The second-order valence-electron chi connectivity index (χ2n) is 4.49. The zero-order valence-corrected chi connectivity index (χ0v) is 12.2. The average molecular weight is 279 g/mol. The number of aryl methyl sites for hydroxylation is 3. The van der Waals surface area contributed by atoms with Gasteiger partial charge in [-0.25, -0.2) is 4.98 Å².